The fourth-order valence-electron chi connectivity index (χ4n) is 8.87. The minimum Gasteiger partial charge on any atom is -0.509 e. The number of nitrogens with zero attached hydrogens (tertiary/aromatic N) is 6. The maximum absolute atomic E-state index is 10.2. The first-order valence-corrected chi connectivity index (χ1v) is 18.0. The Labute approximate surface area is 337 Å². The Kier molecular flexibility index (Phi) is 7.55. The van der Waals surface area contributed by atoms with E-state index < -0.39 is 5.41 Å². The van der Waals surface area contributed by atoms with Gasteiger partial charge in [0.15, 0.2) is 0 Å². The minimum atomic E-state index is -0.909. The van der Waals surface area contributed by atoms with Crippen LogP contribution in [0.5, 0.6) is 11.5 Å². The largest absolute Gasteiger partial charge is 0.509 e. The van der Waals surface area contributed by atoms with Crippen LogP contribution in [-0.2, 0) is 26.5 Å². The van der Waals surface area contributed by atoms with Gasteiger partial charge in [-0.15, -0.1) is 35.2 Å². The molecular weight excluding hydrogens is 872 g/mol. The minimum absolute atomic E-state index is 0. The van der Waals surface area contributed by atoms with E-state index in [1.807, 2.05) is 85.9 Å². The zero-order valence-corrected chi connectivity index (χ0v) is 32.0. The van der Waals surface area contributed by atoms with Gasteiger partial charge in [-0.05, 0) is 88.8 Å². The molecule has 4 heterocycles. The van der Waals surface area contributed by atoms with Crippen molar-refractivity contribution in [3.05, 3.63) is 191 Å². The molecule has 0 fully saturated rings. The van der Waals surface area contributed by atoms with Gasteiger partial charge in [0.2, 0.25) is 0 Å². The van der Waals surface area contributed by atoms with Crippen LogP contribution in [0, 0.1) is 41.5 Å². The van der Waals surface area contributed by atoms with Crippen molar-refractivity contribution in [2.45, 2.75) is 5.41 Å². The molecule has 1 spiro atoms. The predicted molar refractivity (Wildman–Crippen MR) is 214 cm³/mol. The first kappa shape index (κ1) is 33.6. The first-order valence-electron chi connectivity index (χ1n) is 18.0. The Hall–Kier alpha value is -6.92. The topological polar surface area (TPSA) is 81.1 Å². The molecule has 8 aromatic rings. The van der Waals surface area contributed by atoms with Crippen LogP contribution >= 0.6 is 0 Å². The Bertz CT molecular complexity index is 2990. The number of anilines is 3. The summed E-state index contributed by atoms with van der Waals surface area (Å²) in [6.45, 7) is 2.08. The average molecular weight is 899 g/mol. The number of aromatic nitrogens is 2. The number of hydrogen-bond acceptors (Lipinski definition) is 6. The summed E-state index contributed by atoms with van der Waals surface area (Å²) >= 11 is 0. The number of ether oxygens (including phenoxy) is 1. The zero-order chi connectivity index (χ0) is 36.8. The van der Waals surface area contributed by atoms with Gasteiger partial charge in [0, 0.05) is 61.1 Å². The summed E-state index contributed by atoms with van der Waals surface area (Å²) in [4.78, 5) is 8.98. The van der Waals surface area contributed by atoms with Crippen molar-refractivity contribution in [1.82, 2.24) is 9.55 Å². The number of para-hydroxylation sites is 2. The monoisotopic (exact) mass is 898 g/mol. The molecular formula is C48H27N6OPt-3. The summed E-state index contributed by atoms with van der Waals surface area (Å²) in [5.74, 6) is 1.87. The van der Waals surface area contributed by atoms with Crippen LogP contribution < -0.4 is 14.5 Å². The molecule has 0 atom stereocenters. The SMILES string of the molecule is CN1[CH-]N2c3[c-]c(Oc4[c-]c5c(cc4)c4ccccc4n5-c4ccccn4)ccc3C3(c4cc(C#N)ccc4C=Cc4ccc(C#N)cc43)c3cccc1c32.[Pt]. The number of benzene rings is 6. The van der Waals surface area contributed by atoms with Crippen LogP contribution in [0.2, 0.25) is 0 Å². The van der Waals surface area contributed by atoms with Crippen molar-refractivity contribution in [3.63, 3.8) is 0 Å². The van der Waals surface area contributed by atoms with E-state index in [1.165, 1.54) is 0 Å². The molecule has 0 saturated carbocycles. The molecule has 56 heavy (non-hydrogen) atoms. The van der Waals surface area contributed by atoms with Crippen LogP contribution in [0.25, 0.3) is 39.8 Å². The Balaban J connectivity index is 0.00000384. The quantitative estimate of drug-likeness (QED) is 0.164. The second kappa shape index (κ2) is 12.6. The van der Waals surface area contributed by atoms with Gasteiger partial charge < -0.3 is 19.1 Å². The molecule has 0 unspecified atom stereocenters. The van der Waals surface area contributed by atoms with Gasteiger partial charge in [0.1, 0.15) is 5.82 Å². The van der Waals surface area contributed by atoms with Gasteiger partial charge in [0.25, 0.3) is 0 Å². The van der Waals surface area contributed by atoms with E-state index in [-0.39, 0.29) is 21.1 Å². The van der Waals surface area contributed by atoms with E-state index in [0.717, 1.165) is 78.1 Å². The van der Waals surface area contributed by atoms with E-state index in [2.05, 4.69) is 105 Å². The third kappa shape index (κ3) is 4.62. The number of pyridine rings is 1. The van der Waals surface area contributed by atoms with Crippen LogP contribution in [-0.4, -0.2) is 16.6 Å². The van der Waals surface area contributed by atoms with Crippen molar-refractivity contribution in [2.24, 2.45) is 0 Å². The van der Waals surface area contributed by atoms with Crippen LogP contribution in [0.4, 0.5) is 17.1 Å². The molecule has 0 radical (unpaired) electrons. The van der Waals surface area contributed by atoms with Gasteiger partial charge in [-0.1, -0.05) is 71.9 Å². The molecule has 2 aromatic heterocycles. The van der Waals surface area contributed by atoms with E-state index in [9.17, 15) is 10.5 Å². The normalized spacial score (nSPS) is 13.9. The molecule has 2 aliphatic heterocycles. The van der Waals surface area contributed by atoms with E-state index in [4.69, 9.17) is 4.74 Å². The van der Waals surface area contributed by atoms with Gasteiger partial charge >= 0.3 is 0 Å². The second-order valence-corrected chi connectivity index (χ2v) is 14.0. The van der Waals surface area contributed by atoms with E-state index >= 15 is 0 Å². The van der Waals surface area contributed by atoms with Crippen molar-refractivity contribution < 1.29 is 25.8 Å². The maximum Gasteiger partial charge on any atom is 0.135 e. The Morgan fingerprint density at radius 2 is 1.41 bits per heavy atom. The van der Waals surface area contributed by atoms with Crippen molar-refractivity contribution in [1.29, 1.82) is 10.5 Å². The summed E-state index contributed by atoms with van der Waals surface area (Å²) in [7, 11) is 2.05. The smallest absolute Gasteiger partial charge is 0.135 e. The summed E-state index contributed by atoms with van der Waals surface area (Å²) in [6, 6.07) is 52.5. The van der Waals surface area contributed by atoms with Gasteiger partial charge in [-0.3, -0.25) is 0 Å². The van der Waals surface area contributed by atoms with Crippen molar-refractivity contribution in [2.75, 3.05) is 16.8 Å². The molecule has 0 bridgehead atoms. The molecule has 0 amide bonds. The third-order valence-electron chi connectivity index (χ3n) is 11.1. The summed E-state index contributed by atoms with van der Waals surface area (Å²) in [5, 5.41) is 22.6. The van der Waals surface area contributed by atoms with Gasteiger partial charge in [0.05, 0.1) is 23.3 Å². The molecule has 7 nitrogen and oxygen atoms in total. The number of hydrogen-bond donors (Lipinski definition) is 0. The molecule has 268 valence electrons. The molecule has 3 aliphatic rings. The summed E-state index contributed by atoms with van der Waals surface area (Å²) in [6.07, 6.45) is 6.02. The van der Waals surface area contributed by atoms with Crippen molar-refractivity contribution >= 4 is 51.0 Å². The number of fused-ring (bicyclic) bond motifs is 11. The Morgan fingerprint density at radius 1 is 0.696 bits per heavy atom. The fraction of sp³-hybridized carbons (Fsp3) is 0.0417. The van der Waals surface area contributed by atoms with Crippen LogP contribution in [0.15, 0.2) is 128 Å². The van der Waals surface area contributed by atoms with Gasteiger partial charge in [-0.25, -0.2) is 4.98 Å². The average Bonchev–Trinajstić information content (AvgIpc) is 3.70. The second-order valence-electron chi connectivity index (χ2n) is 14.0. The summed E-state index contributed by atoms with van der Waals surface area (Å²) in [5.41, 5.74) is 10.9. The van der Waals surface area contributed by atoms with Crippen LogP contribution in [0.1, 0.15) is 44.5 Å². The number of rotatable bonds is 3. The first-order chi connectivity index (χ1) is 27.1. The maximum atomic E-state index is 10.2. The predicted octanol–water partition coefficient (Wildman–Crippen LogP) is 10.2. The third-order valence-corrected chi connectivity index (χ3v) is 11.1. The number of nitriles is 2. The molecule has 1 aliphatic carbocycles. The van der Waals surface area contributed by atoms with Crippen LogP contribution in [0.3, 0.4) is 0 Å². The molecule has 11 rings (SSSR count). The fourth-order valence-corrected chi connectivity index (χ4v) is 8.87. The standard InChI is InChI=1S/C48H27N6O.Pt/c1-52-29-53-45-26-35(55-34-18-20-37-36-7-2-3-9-42(36)54(44(37)25-34)46-11-4-5-22-51-46)19-21-38(45)48(39-8-6-10-43(52)47(39)53)40-23-30(27-49)12-14-32(40)16-17-33-15-13-31(28-50)24-41(33)48;/h2-24,29H,1H3;/q-3;. The van der Waals surface area contributed by atoms with Crippen molar-refractivity contribution in [3.8, 4) is 29.5 Å². The van der Waals surface area contributed by atoms with Gasteiger partial charge in [-0.2, -0.15) is 29.3 Å². The molecule has 6 aromatic carbocycles. The molecule has 0 N–H and O–H groups in total. The van der Waals surface area contributed by atoms with E-state index in [1.54, 1.807) is 6.20 Å². The molecule has 0 saturated heterocycles. The summed E-state index contributed by atoms with van der Waals surface area (Å²) < 4.78 is 8.80. The van der Waals surface area contributed by atoms with E-state index in [0.29, 0.717) is 22.6 Å². The molecule has 8 heteroatoms. The Morgan fingerprint density at radius 3 is 2.14 bits per heavy atom. The zero-order valence-electron chi connectivity index (χ0n) is 29.8.